The number of nitrogens with zero attached hydrogens (tertiary/aromatic N) is 4. The minimum absolute atomic E-state index is 0.157. The summed E-state index contributed by atoms with van der Waals surface area (Å²) < 4.78 is 13.1. The molecule has 0 radical (unpaired) electrons. The Labute approximate surface area is 227 Å². The molecule has 1 aliphatic heterocycles. The quantitative estimate of drug-likeness (QED) is 0.229. The van der Waals surface area contributed by atoms with Crippen LogP contribution in [0.25, 0.3) is 5.69 Å². The molecule has 2 atom stereocenters. The van der Waals surface area contributed by atoms with Crippen molar-refractivity contribution >= 4 is 34.6 Å². The van der Waals surface area contributed by atoms with Crippen molar-refractivity contribution < 1.29 is 9.47 Å². The molecular weight excluding hydrogens is 506 g/mol. The summed E-state index contributed by atoms with van der Waals surface area (Å²) in [6.45, 7) is 5.14. The molecule has 1 fully saturated rings. The number of halogens is 1. The minimum atomic E-state index is -0.159. The molecule has 0 spiro atoms. The molecule has 1 N–H and O–H groups in total. The minimum Gasteiger partial charge on any atom is -0.490 e. The van der Waals surface area contributed by atoms with E-state index in [1.807, 2.05) is 54.9 Å². The molecule has 37 heavy (non-hydrogen) atoms. The monoisotopic (exact) mass is 533 g/mol. The normalized spacial score (nSPS) is 17.2. The second-order valence-corrected chi connectivity index (χ2v) is 9.62. The van der Waals surface area contributed by atoms with Crippen LogP contribution in [-0.4, -0.2) is 40.0 Å². The second kappa shape index (κ2) is 10.9. The first kappa shape index (κ1) is 25.2. The number of pyridine rings is 2. The largest absolute Gasteiger partial charge is 0.490 e. The van der Waals surface area contributed by atoms with Gasteiger partial charge in [-0.05, 0) is 80.2 Å². The molecule has 4 heterocycles. The summed E-state index contributed by atoms with van der Waals surface area (Å²) in [7, 11) is 1.64. The fraction of sp³-hybridized carbons (Fsp3) is 0.250. The highest BCUT2D eigenvalue weighted by Gasteiger charge is 2.42. The maximum atomic E-state index is 6.64. The number of methoxy groups -OCH3 is 1. The number of benzene rings is 1. The average molecular weight is 534 g/mol. The molecule has 0 aliphatic carbocycles. The molecule has 0 amide bonds. The van der Waals surface area contributed by atoms with Gasteiger partial charge in [0.05, 0.1) is 41.3 Å². The zero-order valence-corrected chi connectivity index (χ0v) is 22.5. The smallest absolute Gasteiger partial charge is 0.174 e. The number of rotatable bonds is 8. The van der Waals surface area contributed by atoms with Crippen molar-refractivity contribution in [3.8, 4) is 11.4 Å². The number of hydrogen-bond acceptors (Lipinski definition) is 5. The standard InChI is InChI=1S/C28H28ClN5O2S/c1-18-15-22(19(2)33(18)21-7-6-11-30-17-21)27-26(24-8-4-5-12-31-24)32-28(37)34(27)20-9-10-25(23(29)16-20)36-14-13-35-3/h4-12,15-17,26-27H,13-14H2,1-3H3,(H,32,37). The third-order valence-electron chi connectivity index (χ3n) is 6.53. The Hall–Kier alpha value is -3.46. The van der Waals surface area contributed by atoms with Crippen LogP contribution in [0.3, 0.4) is 0 Å². The van der Waals surface area contributed by atoms with Crippen molar-refractivity contribution in [2.75, 3.05) is 25.2 Å². The molecule has 1 saturated heterocycles. The van der Waals surface area contributed by atoms with Gasteiger partial charge in [-0.1, -0.05) is 17.7 Å². The lowest BCUT2D eigenvalue weighted by atomic mass is 9.96. The van der Waals surface area contributed by atoms with Gasteiger partial charge in [0.1, 0.15) is 12.4 Å². The van der Waals surface area contributed by atoms with E-state index >= 15 is 0 Å². The molecule has 4 aromatic rings. The zero-order valence-electron chi connectivity index (χ0n) is 20.9. The number of nitrogens with one attached hydrogen (secondary N) is 1. The molecule has 7 nitrogen and oxygen atoms in total. The molecular formula is C28H28ClN5O2S. The van der Waals surface area contributed by atoms with E-state index in [2.05, 4.69) is 50.7 Å². The molecule has 2 unspecified atom stereocenters. The summed E-state index contributed by atoms with van der Waals surface area (Å²) in [5.74, 6) is 0.605. The lowest BCUT2D eigenvalue weighted by molar-refractivity contribution is 0.146. The van der Waals surface area contributed by atoms with Crippen molar-refractivity contribution in [2.24, 2.45) is 0 Å². The number of anilines is 1. The number of thiocarbonyl (C=S) groups is 1. The van der Waals surface area contributed by atoms with Gasteiger partial charge in [-0.2, -0.15) is 0 Å². The molecule has 5 rings (SSSR count). The van der Waals surface area contributed by atoms with E-state index < -0.39 is 0 Å². The van der Waals surface area contributed by atoms with E-state index in [9.17, 15) is 0 Å². The molecule has 190 valence electrons. The van der Waals surface area contributed by atoms with Gasteiger partial charge in [-0.15, -0.1) is 0 Å². The van der Waals surface area contributed by atoms with Crippen LogP contribution in [0, 0.1) is 13.8 Å². The zero-order chi connectivity index (χ0) is 25.9. The van der Waals surface area contributed by atoms with Crippen molar-refractivity contribution in [3.05, 3.63) is 101 Å². The summed E-state index contributed by atoms with van der Waals surface area (Å²) in [5, 5.41) is 4.64. The van der Waals surface area contributed by atoms with Crippen LogP contribution in [0.5, 0.6) is 5.75 Å². The molecule has 0 saturated carbocycles. The van der Waals surface area contributed by atoms with Gasteiger partial charge >= 0.3 is 0 Å². The SMILES string of the molecule is COCCOc1ccc(N2C(=S)NC(c3ccccn3)C2c2cc(C)n(-c3cccnc3)c2C)cc1Cl. The van der Waals surface area contributed by atoms with Crippen molar-refractivity contribution in [2.45, 2.75) is 25.9 Å². The fourth-order valence-electron chi connectivity index (χ4n) is 4.91. The van der Waals surface area contributed by atoms with Crippen LogP contribution >= 0.6 is 23.8 Å². The van der Waals surface area contributed by atoms with Gasteiger partial charge in [0.25, 0.3) is 0 Å². The van der Waals surface area contributed by atoms with Crippen molar-refractivity contribution in [1.82, 2.24) is 19.9 Å². The molecule has 9 heteroatoms. The second-order valence-electron chi connectivity index (χ2n) is 8.83. The Kier molecular flexibility index (Phi) is 7.41. The third-order valence-corrected chi connectivity index (χ3v) is 7.14. The Morgan fingerprint density at radius 2 is 1.89 bits per heavy atom. The summed E-state index contributed by atoms with van der Waals surface area (Å²) in [5.41, 5.74) is 6.15. The van der Waals surface area contributed by atoms with E-state index in [1.165, 1.54) is 0 Å². The lowest BCUT2D eigenvalue weighted by Crippen LogP contribution is -2.29. The van der Waals surface area contributed by atoms with Crippen LogP contribution < -0.4 is 15.0 Å². The maximum absolute atomic E-state index is 6.64. The first-order chi connectivity index (χ1) is 18.0. The molecule has 1 aliphatic rings. The topological polar surface area (TPSA) is 64.4 Å². The highest BCUT2D eigenvalue weighted by molar-refractivity contribution is 7.80. The van der Waals surface area contributed by atoms with E-state index in [0.717, 1.165) is 34.0 Å². The molecule has 3 aromatic heterocycles. The van der Waals surface area contributed by atoms with Gasteiger partial charge in [-0.3, -0.25) is 9.97 Å². The number of ether oxygens (including phenoxy) is 2. The first-order valence-corrected chi connectivity index (χ1v) is 12.8. The number of hydrogen-bond donors (Lipinski definition) is 1. The summed E-state index contributed by atoms with van der Waals surface area (Å²) in [6, 6.07) is 17.6. The van der Waals surface area contributed by atoms with Crippen LogP contribution in [0.4, 0.5) is 5.69 Å². The Morgan fingerprint density at radius 1 is 1.03 bits per heavy atom. The summed E-state index contributed by atoms with van der Waals surface area (Å²) in [6.07, 6.45) is 5.46. The van der Waals surface area contributed by atoms with Gasteiger partial charge < -0.3 is 24.3 Å². The number of aryl methyl sites for hydroxylation is 1. The maximum Gasteiger partial charge on any atom is 0.174 e. The van der Waals surface area contributed by atoms with Gasteiger partial charge in [0.15, 0.2) is 5.11 Å². The summed E-state index contributed by atoms with van der Waals surface area (Å²) >= 11 is 12.5. The lowest BCUT2D eigenvalue weighted by Gasteiger charge is -2.28. The fourth-order valence-corrected chi connectivity index (χ4v) is 5.49. The van der Waals surface area contributed by atoms with Crippen LogP contribution in [-0.2, 0) is 4.74 Å². The van der Waals surface area contributed by atoms with Crippen LogP contribution in [0.1, 0.15) is 34.7 Å². The van der Waals surface area contributed by atoms with Crippen LogP contribution in [0.2, 0.25) is 5.02 Å². The molecule has 0 bridgehead atoms. The van der Waals surface area contributed by atoms with Crippen molar-refractivity contribution in [3.63, 3.8) is 0 Å². The Bertz CT molecular complexity index is 1400. The van der Waals surface area contributed by atoms with E-state index in [-0.39, 0.29) is 12.1 Å². The van der Waals surface area contributed by atoms with Gasteiger partial charge in [0.2, 0.25) is 0 Å². The predicted octanol–water partition coefficient (Wildman–Crippen LogP) is 5.74. The van der Waals surface area contributed by atoms with Crippen molar-refractivity contribution in [1.29, 1.82) is 0 Å². The number of aromatic nitrogens is 3. The summed E-state index contributed by atoms with van der Waals surface area (Å²) in [4.78, 5) is 11.1. The predicted molar refractivity (Wildman–Crippen MR) is 150 cm³/mol. The van der Waals surface area contributed by atoms with Crippen LogP contribution in [0.15, 0.2) is 73.2 Å². The highest BCUT2D eigenvalue weighted by Crippen LogP contribution is 2.44. The Balaban J connectivity index is 1.60. The Morgan fingerprint density at radius 3 is 2.59 bits per heavy atom. The van der Waals surface area contributed by atoms with E-state index in [4.69, 9.17) is 33.3 Å². The first-order valence-electron chi connectivity index (χ1n) is 12.0. The third kappa shape index (κ3) is 4.92. The van der Waals surface area contributed by atoms with E-state index in [0.29, 0.717) is 29.1 Å². The van der Waals surface area contributed by atoms with Gasteiger partial charge in [-0.25, -0.2) is 0 Å². The average Bonchev–Trinajstić information content (AvgIpc) is 3.41. The van der Waals surface area contributed by atoms with E-state index in [1.54, 1.807) is 13.3 Å². The molecule has 1 aromatic carbocycles. The van der Waals surface area contributed by atoms with Gasteiger partial charge in [0, 0.05) is 36.6 Å². The highest BCUT2D eigenvalue weighted by atomic mass is 35.5.